The lowest BCUT2D eigenvalue weighted by atomic mass is 9.69. The Morgan fingerprint density at radius 3 is 2.60 bits per heavy atom. The number of rotatable bonds is 8. The maximum absolute atomic E-state index is 12.6. The minimum Gasteiger partial charge on any atom is -0.353 e. The molecule has 0 atom stereocenters. The number of nitrogens with one attached hydrogen (secondary N) is 1. The molecule has 2 aromatic heterocycles. The summed E-state index contributed by atoms with van der Waals surface area (Å²) >= 11 is 1.49. The Labute approximate surface area is 183 Å². The van der Waals surface area contributed by atoms with Crippen LogP contribution in [0.25, 0.3) is 11.4 Å². The summed E-state index contributed by atoms with van der Waals surface area (Å²) in [5.41, 5.74) is 1.38. The van der Waals surface area contributed by atoms with E-state index in [1.165, 1.54) is 31.0 Å². The lowest BCUT2D eigenvalue weighted by Gasteiger charge is -2.39. The van der Waals surface area contributed by atoms with Crippen molar-refractivity contribution >= 4 is 17.7 Å². The van der Waals surface area contributed by atoms with E-state index in [2.05, 4.69) is 45.8 Å². The number of amides is 1. The molecule has 0 bridgehead atoms. The number of thioether (sulfide) groups is 1. The molecule has 2 aliphatic rings. The van der Waals surface area contributed by atoms with Gasteiger partial charge in [-0.15, -0.1) is 10.2 Å². The zero-order valence-electron chi connectivity index (χ0n) is 18.3. The molecule has 0 spiro atoms. The first kappa shape index (κ1) is 21.3. The number of hydrogen-bond acceptors (Lipinski definition) is 5. The molecular weight excluding hydrogens is 394 g/mol. The van der Waals surface area contributed by atoms with Crippen molar-refractivity contribution in [3.8, 4) is 11.4 Å². The Kier molecular flexibility index (Phi) is 6.46. The summed E-state index contributed by atoms with van der Waals surface area (Å²) in [4.78, 5) is 16.8. The van der Waals surface area contributed by atoms with Crippen LogP contribution in [0, 0.1) is 11.3 Å². The van der Waals surface area contributed by atoms with Crippen molar-refractivity contribution in [3.63, 3.8) is 0 Å². The fourth-order valence-corrected chi connectivity index (χ4v) is 5.25. The SMILES string of the molecule is CCC(C)(C)C1CCC(NC(=O)CSc2nnc(-c3cccnc3)n2C2CC2)CC1. The predicted octanol–water partition coefficient (Wildman–Crippen LogP) is 4.88. The van der Waals surface area contributed by atoms with Crippen molar-refractivity contribution in [2.75, 3.05) is 5.75 Å². The molecule has 2 aliphatic carbocycles. The summed E-state index contributed by atoms with van der Waals surface area (Å²) in [5, 5.41) is 12.9. The molecule has 0 unspecified atom stereocenters. The van der Waals surface area contributed by atoms with Gasteiger partial charge in [0, 0.05) is 30.0 Å². The molecule has 0 radical (unpaired) electrons. The van der Waals surface area contributed by atoms with Crippen molar-refractivity contribution in [1.82, 2.24) is 25.1 Å². The maximum Gasteiger partial charge on any atom is 0.230 e. The summed E-state index contributed by atoms with van der Waals surface area (Å²) in [5.74, 6) is 2.11. The summed E-state index contributed by atoms with van der Waals surface area (Å²) in [6, 6.07) is 4.68. The van der Waals surface area contributed by atoms with Gasteiger partial charge >= 0.3 is 0 Å². The number of carbonyl (C=O) groups excluding carboxylic acids is 1. The van der Waals surface area contributed by atoms with Gasteiger partial charge < -0.3 is 5.32 Å². The molecule has 162 valence electrons. The summed E-state index contributed by atoms with van der Waals surface area (Å²) in [6.07, 6.45) is 11.7. The zero-order valence-corrected chi connectivity index (χ0v) is 19.1. The van der Waals surface area contributed by atoms with Gasteiger partial charge in [-0.2, -0.15) is 0 Å². The summed E-state index contributed by atoms with van der Waals surface area (Å²) < 4.78 is 2.19. The highest BCUT2D eigenvalue weighted by molar-refractivity contribution is 7.99. The van der Waals surface area contributed by atoms with Crippen molar-refractivity contribution in [1.29, 1.82) is 0 Å². The van der Waals surface area contributed by atoms with Crippen LogP contribution in [-0.4, -0.2) is 37.5 Å². The van der Waals surface area contributed by atoms with E-state index in [-0.39, 0.29) is 5.91 Å². The van der Waals surface area contributed by atoms with E-state index in [9.17, 15) is 4.79 Å². The lowest BCUT2D eigenvalue weighted by molar-refractivity contribution is -0.119. The minimum absolute atomic E-state index is 0.103. The van der Waals surface area contributed by atoms with Crippen LogP contribution in [0.1, 0.15) is 71.8 Å². The quantitative estimate of drug-likeness (QED) is 0.608. The van der Waals surface area contributed by atoms with Gasteiger partial charge in [0.25, 0.3) is 0 Å². The molecule has 0 aliphatic heterocycles. The molecule has 0 aromatic carbocycles. The van der Waals surface area contributed by atoms with Gasteiger partial charge in [0.2, 0.25) is 5.91 Å². The number of hydrogen-bond donors (Lipinski definition) is 1. The number of nitrogens with zero attached hydrogens (tertiary/aromatic N) is 4. The van der Waals surface area contributed by atoms with Crippen LogP contribution in [-0.2, 0) is 4.79 Å². The highest BCUT2D eigenvalue weighted by Gasteiger charge is 2.33. The Morgan fingerprint density at radius 2 is 1.97 bits per heavy atom. The molecule has 2 aromatic rings. The van der Waals surface area contributed by atoms with E-state index < -0.39 is 0 Å². The second kappa shape index (κ2) is 9.08. The van der Waals surface area contributed by atoms with Gasteiger partial charge in [-0.05, 0) is 62.0 Å². The third-order valence-corrected chi connectivity index (χ3v) is 7.88. The summed E-state index contributed by atoms with van der Waals surface area (Å²) in [6.45, 7) is 7.04. The van der Waals surface area contributed by atoms with E-state index >= 15 is 0 Å². The third kappa shape index (κ3) is 4.88. The highest BCUT2D eigenvalue weighted by Crippen LogP contribution is 2.41. The first-order valence-corrected chi connectivity index (χ1v) is 12.2. The molecule has 2 saturated carbocycles. The van der Waals surface area contributed by atoms with Gasteiger partial charge in [-0.25, -0.2) is 0 Å². The first-order valence-electron chi connectivity index (χ1n) is 11.3. The van der Waals surface area contributed by atoms with Crippen molar-refractivity contribution in [2.24, 2.45) is 11.3 Å². The second-order valence-electron chi connectivity index (χ2n) is 9.40. The van der Waals surface area contributed by atoms with Crippen molar-refractivity contribution in [2.45, 2.75) is 83.0 Å². The molecule has 1 amide bonds. The Hall–Kier alpha value is -1.89. The van der Waals surface area contributed by atoms with Crippen LogP contribution >= 0.6 is 11.8 Å². The van der Waals surface area contributed by atoms with Crippen LogP contribution < -0.4 is 5.32 Å². The van der Waals surface area contributed by atoms with E-state index in [4.69, 9.17) is 0 Å². The van der Waals surface area contributed by atoms with Gasteiger partial charge in [0.1, 0.15) is 0 Å². The Bertz CT molecular complexity index is 854. The van der Waals surface area contributed by atoms with Crippen LogP contribution in [0.4, 0.5) is 0 Å². The predicted molar refractivity (Wildman–Crippen MR) is 120 cm³/mol. The van der Waals surface area contributed by atoms with Crippen LogP contribution in [0.3, 0.4) is 0 Å². The molecule has 0 saturated heterocycles. The molecule has 7 heteroatoms. The molecule has 2 fully saturated rings. The number of carbonyl (C=O) groups is 1. The third-order valence-electron chi connectivity index (χ3n) is 6.94. The molecule has 30 heavy (non-hydrogen) atoms. The topological polar surface area (TPSA) is 72.7 Å². The standard InChI is InChI=1S/C23H33N5OS/c1-4-23(2,3)17-7-9-18(10-8-17)25-20(29)15-30-22-27-26-21(28(22)19-11-12-19)16-6-5-13-24-14-16/h5-6,13-14,17-19H,4,7-12,15H2,1-3H3,(H,25,29). The van der Waals surface area contributed by atoms with Gasteiger partial charge in [-0.1, -0.05) is 39.0 Å². The fourth-order valence-electron chi connectivity index (χ4n) is 4.44. The van der Waals surface area contributed by atoms with Crippen molar-refractivity contribution in [3.05, 3.63) is 24.5 Å². The highest BCUT2D eigenvalue weighted by atomic mass is 32.2. The lowest BCUT2D eigenvalue weighted by Crippen LogP contribution is -2.40. The van der Waals surface area contributed by atoms with Crippen LogP contribution in [0.15, 0.2) is 29.7 Å². The molecule has 2 heterocycles. The second-order valence-corrected chi connectivity index (χ2v) is 10.3. The number of pyridine rings is 1. The fraction of sp³-hybridized carbons (Fsp3) is 0.652. The molecule has 6 nitrogen and oxygen atoms in total. The Morgan fingerprint density at radius 1 is 1.20 bits per heavy atom. The van der Waals surface area contributed by atoms with Gasteiger partial charge in [0.05, 0.1) is 5.75 Å². The molecule has 4 rings (SSSR count). The zero-order chi connectivity index (χ0) is 21.1. The van der Waals surface area contributed by atoms with E-state index in [0.717, 1.165) is 48.1 Å². The minimum atomic E-state index is 0.103. The Balaban J connectivity index is 1.31. The van der Waals surface area contributed by atoms with E-state index in [1.807, 2.05) is 18.3 Å². The maximum atomic E-state index is 12.6. The van der Waals surface area contributed by atoms with Crippen molar-refractivity contribution < 1.29 is 4.79 Å². The average molecular weight is 428 g/mol. The van der Waals surface area contributed by atoms with E-state index in [0.29, 0.717) is 23.3 Å². The van der Waals surface area contributed by atoms with Gasteiger partial charge in [0.15, 0.2) is 11.0 Å². The largest absolute Gasteiger partial charge is 0.353 e. The average Bonchev–Trinajstić information content (AvgIpc) is 3.52. The normalized spacial score (nSPS) is 22.1. The monoisotopic (exact) mass is 427 g/mol. The van der Waals surface area contributed by atoms with Crippen LogP contribution in [0.2, 0.25) is 0 Å². The molecular formula is C23H33N5OS. The number of aromatic nitrogens is 4. The van der Waals surface area contributed by atoms with Crippen LogP contribution in [0.5, 0.6) is 0 Å². The first-order chi connectivity index (χ1) is 14.5. The van der Waals surface area contributed by atoms with Gasteiger partial charge in [-0.3, -0.25) is 14.3 Å². The van der Waals surface area contributed by atoms with E-state index in [1.54, 1.807) is 6.20 Å². The smallest absolute Gasteiger partial charge is 0.230 e. The molecule has 1 N–H and O–H groups in total. The summed E-state index contributed by atoms with van der Waals surface area (Å²) in [7, 11) is 0.